The molecule has 2 aliphatic heterocycles. The van der Waals surface area contributed by atoms with E-state index < -0.39 is 5.91 Å². The maximum Gasteiger partial charge on any atom is 0.270 e. The molecule has 0 unspecified atom stereocenters. The van der Waals surface area contributed by atoms with Crippen molar-refractivity contribution in [2.24, 2.45) is 0 Å². The number of aromatic nitrogens is 2. The van der Waals surface area contributed by atoms with Crippen molar-refractivity contribution in [3.05, 3.63) is 88.5 Å². The predicted octanol–water partition coefficient (Wildman–Crippen LogP) is 1.66. The molecule has 10 nitrogen and oxygen atoms in total. The third kappa shape index (κ3) is 5.97. The second-order valence-corrected chi connectivity index (χ2v) is 9.49. The van der Waals surface area contributed by atoms with Crippen LogP contribution in [0.4, 0.5) is 0 Å². The van der Waals surface area contributed by atoms with Crippen LogP contribution in [0.3, 0.4) is 0 Å². The van der Waals surface area contributed by atoms with Crippen LogP contribution in [0, 0.1) is 0 Å². The summed E-state index contributed by atoms with van der Waals surface area (Å²) < 4.78 is 5.51. The largest absolute Gasteiger partial charge is 0.493 e. The average Bonchev–Trinajstić information content (AvgIpc) is 3.43. The predicted molar refractivity (Wildman–Crippen MR) is 140 cm³/mol. The van der Waals surface area contributed by atoms with Crippen LogP contribution >= 0.6 is 0 Å². The molecule has 0 saturated carbocycles. The summed E-state index contributed by atoms with van der Waals surface area (Å²) in [6.45, 7) is 4.45. The van der Waals surface area contributed by atoms with Gasteiger partial charge in [0, 0.05) is 57.3 Å². The van der Waals surface area contributed by atoms with Crippen molar-refractivity contribution in [1.82, 2.24) is 30.4 Å². The Morgan fingerprint density at radius 2 is 1.47 bits per heavy atom. The molecule has 196 valence electrons. The molecule has 3 heterocycles. The average molecular weight is 515 g/mol. The zero-order valence-corrected chi connectivity index (χ0v) is 21.3. The van der Waals surface area contributed by atoms with E-state index in [1.165, 1.54) is 12.4 Å². The molecule has 0 atom stereocenters. The molecule has 1 aromatic heterocycles. The minimum Gasteiger partial charge on any atom is -0.493 e. The Balaban J connectivity index is 1.13. The highest BCUT2D eigenvalue weighted by Crippen LogP contribution is 2.25. The van der Waals surface area contributed by atoms with E-state index >= 15 is 0 Å². The summed E-state index contributed by atoms with van der Waals surface area (Å²) in [5.74, 6) is 0.101. The van der Waals surface area contributed by atoms with Crippen LogP contribution in [-0.2, 0) is 19.5 Å². The highest BCUT2D eigenvalue weighted by Gasteiger charge is 2.20. The summed E-state index contributed by atoms with van der Waals surface area (Å²) in [4.78, 5) is 50.1. The number of piperazine rings is 1. The Morgan fingerprint density at radius 3 is 2.16 bits per heavy atom. The Kier molecular flexibility index (Phi) is 7.60. The second kappa shape index (κ2) is 11.4. The minimum absolute atomic E-state index is 0.0191. The standard InChI is InChI=1S/C28H30N6O4/c1-33-9-11-34(12-10-33)28(37)21-5-2-19(3-6-21)16-29-26(35)23-15-24(32-18-31-23)27(36)30-17-20-4-7-25-22(14-20)8-13-38-25/h2-7,14-15,18H,8-13,16-17H2,1H3,(H,29,35)(H,30,36). The van der Waals surface area contributed by atoms with Crippen LogP contribution in [-0.4, -0.2) is 77.3 Å². The summed E-state index contributed by atoms with van der Waals surface area (Å²) in [6, 6.07) is 14.4. The molecule has 2 aliphatic rings. The van der Waals surface area contributed by atoms with E-state index in [-0.39, 0.29) is 29.7 Å². The number of nitrogens with one attached hydrogen (secondary N) is 2. The summed E-state index contributed by atoms with van der Waals surface area (Å²) in [7, 11) is 2.05. The second-order valence-electron chi connectivity index (χ2n) is 9.49. The molecule has 0 radical (unpaired) electrons. The van der Waals surface area contributed by atoms with Gasteiger partial charge in [0.15, 0.2) is 0 Å². The van der Waals surface area contributed by atoms with Crippen molar-refractivity contribution in [3.63, 3.8) is 0 Å². The molecule has 0 bridgehead atoms. The monoisotopic (exact) mass is 514 g/mol. The molecule has 3 aromatic rings. The van der Waals surface area contributed by atoms with Crippen LogP contribution in [0.15, 0.2) is 54.9 Å². The highest BCUT2D eigenvalue weighted by molar-refractivity contribution is 5.97. The number of carbonyl (C=O) groups excluding carboxylic acids is 3. The fraction of sp³-hybridized carbons (Fsp3) is 0.321. The smallest absolute Gasteiger partial charge is 0.270 e. The number of rotatable bonds is 7. The fourth-order valence-corrected chi connectivity index (χ4v) is 4.46. The fourth-order valence-electron chi connectivity index (χ4n) is 4.46. The summed E-state index contributed by atoms with van der Waals surface area (Å²) in [5.41, 5.74) is 3.78. The van der Waals surface area contributed by atoms with Crippen molar-refractivity contribution in [2.75, 3.05) is 39.8 Å². The number of amides is 3. The topological polar surface area (TPSA) is 117 Å². The van der Waals surface area contributed by atoms with Gasteiger partial charge in [-0.05, 0) is 41.9 Å². The molecule has 3 amide bonds. The van der Waals surface area contributed by atoms with Crippen LogP contribution in [0.2, 0.25) is 0 Å². The van der Waals surface area contributed by atoms with Gasteiger partial charge in [0.25, 0.3) is 17.7 Å². The zero-order valence-electron chi connectivity index (χ0n) is 21.3. The molecule has 38 heavy (non-hydrogen) atoms. The van der Waals surface area contributed by atoms with Crippen LogP contribution in [0.25, 0.3) is 0 Å². The van der Waals surface area contributed by atoms with Gasteiger partial charge < -0.3 is 25.2 Å². The lowest BCUT2D eigenvalue weighted by atomic mass is 10.1. The van der Waals surface area contributed by atoms with Gasteiger partial charge >= 0.3 is 0 Å². The Bertz CT molecular complexity index is 1340. The van der Waals surface area contributed by atoms with Gasteiger partial charge in [-0.1, -0.05) is 24.3 Å². The first kappa shape index (κ1) is 25.3. The first-order valence-electron chi connectivity index (χ1n) is 12.7. The Hall–Kier alpha value is -4.31. The van der Waals surface area contributed by atoms with Crippen molar-refractivity contribution in [2.45, 2.75) is 19.5 Å². The number of hydrogen-bond acceptors (Lipinski definition) is 7. The van der Waals surface area contributed by atoms with Crippen molar-refractivity contribution in [1.29, 1.82) is 0 Å². The molecule has 5 rings (SSSR count). The third-order valence-corrected chi connectivity index (χ3v) is 6.78. The number of benzene rings is 2. The van der Waals surface area contributed by atoms with E-state index in [4.69, 9.17) is 4.74 Å². The molecule has 2 aromatic carbocycles. The number of carbonyl (C=O) groups is 3. The lowest BCUT2D eigenvalue weighted by molar-refractivity contribution is 0.0663. The van der Waals surface area contributed by atoms with E-state index in [1.54, 1.807) is 12.1 Å². The molecular formula is C28H30N6O4. The van der Waals surface area contributed by atoms with Gasteiger partial charge in [-0.2, -0.15) is 0 Å². The molecule has 2 N–H and O–H groups in total. The molecule has 1 saturated heterocycles. The summed E-state index contributed by atoms with van der Waals surface area (Å²) in [6.07, 6.45) is 2.07. The van der Waals surface area contributed by atoms with Gasteiger partial charge in [-0.25, -0.2) is 9.97 Å². The maximum atomic E-state index is 12.7. The number of nitrogens with zero attached hydrogens (tertiary/aromatic N) is 4. The highest BCUT2D eigenvalue weighted by atomic mass is 16.5. The number of hydrogen-bond donors (Lipinski definition) is 2. The van der Waals surface area contributed by atoms with Crippen molar-refractivity contribution < 1.29 is 19.1 Å². The van der Waals surface area contributed by atoms with Gasteiger partial charge in [0.1, 0.15) is 23.5 Å². The summed E-state index contributed by atoms with van der Waals surface area (Å²) in [5, 5.41) is 5.64. The van der Waals surface area contributed by atoms with Crippen LogP contribution in [0.1, 0.15) is 48.0 Å². The van der Waals surface area contributed by atoms with E-state index in [0.717, 1.165) is 55.0 Å². The van der Waals surface area contributed by atoms with Crippen LogP contribution in [0.5, 0.6) is 5.75 Å². The first-order chi connectivity index (χ1) is 18.5. The van der Waals surface area contributed by atoms with E-state index in [2.05, 4.69) is 32.5 Å². The molecular weight excluding hydrogens is 484 g/mol. The van der Waals surface area contributed by atoms with Crippen molar-refractivity contribution in [3.8, 4) is 5.75 Å². The minimum atomic E-state index is -0.419. The van der Waals surface area contributed by atoms with E-state index in [1.807, 2.05) is 35.2 Å². The Labute approximate surface area is 221 Å². The van der Waals surface area contributed by atoms with Gasteiger partial charge in [-0.3, -0.25) is 14.4 Å². The van der Waals surface area contributed by atoms with E-state index in [0.29, 0.717) is 18.7 Å². The molecule has 1 fully saturated rings. The van der Waals surface area contributed by atoms with Gasteiger partial charge in [0.05, 0.1) is 6.61 Å². The van der Waals surface area contributed by atoms with E-state index in [9.17, 15) is 14.4 Å². The number of likely N-dealkylation sites (N-methyl/N-ethyl adjacent to an activating group) is 1. The first-order valence-corrected chi connectivity index (χ1v) is 12.7. The normalized spacial score (nSPS) is 14.9. The number of fused-ring (bicyclic) bond motifs is 1. The number of ether oxygens (including phenoxy) is 1. The van der Waals surface area contributed by atoms with Crippen LogP contribution < -0.4 is 15.4 Å². The Morgan fingerprint density at radius 1 is 0.842 bits per heavy atom. The molecule has 10 heteroatoms. The van der Waals surface area contributed by atoms with Gasteiger partial charge in [0.2, 0.25) is 0 Å². The quantitative estimate of drug-likeness (QED) is 0.493. The summed E-state index contributed by atoms with van der Waals surface area (Å²) >= 11 is 0. The third-order valence-electron chi connectivity index (χ3n) is 6.78. The lowest BCUT2D eigenvalue weighted by Gasteiger charge is -2.32. The zero-order chi connectivity index (χ0) is 26.5. The van der Waals surface area contributed by atoms with Crippen molar-refractivity contribution >= 4 is 17.7 Å². The molecule has 0 aliphatic carbocycles. The van der Waals surface area contributed by atoms with Gasteiger partial charge in [-0.15, -0.1) is 0 Å². The SMILES string of the molecule is CN1CCN(C(=O)c2ccc(CNC(=O)c3cc(C(=O)NCc4ccc5c(c4)CCO5)ncn3)cc2)CC1. The molecule has 0 spiro atoms. The lowest BCUT2D eigenvalue weighted by Crippen LogP contribution is -2.47. The maximum absolute atomic E-state index is 12.7.